The number of carbonyl (C=O) groups is 5. The number of benzene rings is 1. The van der Waals surface area contributed by atoms with Crippen molar-refractivity contribution in [2.75, 3.05) is 19.0 Å². The zero-order chi connectivity index (χ0) is 41.4. The van der Waals surface area contributed by atoms with Gasteiger partial charge in [0.2, 0.25) is 11.8 Å². The van der Waals surface area contributed by atoms with Crippen LogP contribution in [0.2, 0.25) is 0 Å². The Morgan fingerprint density at radius 1 is 1.10 bits per heavy atom. The van der Waals surface area contributed by atoms with E-state index in [1.165, 1.54) is 29.4 Å². The van der Waals surface area contributed by atoms with Crippen molar-refractivity contribution in [2.24, 2.45) is 17.3 Å². The smallest absolute Gasteiger partial charge is 0.637 e. The van der Waals surface area contributed by atoms with Gasteiger partial charge < -0.3 is 45.0 Å². The molecule has 3 aromatic rings. The topological polar surface area (TPSA) is 200 Å². The fourth-order valence-corrected chi connectivity index (χ4v) is 8.51. The van der Waals surface area contributed by atoms with Gasteiger partial charge in [0.25, 0.3) is 5.97 Å². The molecule has 3 N–H and O–H groups in total. The molecule has 0 unspecified atom stereocenters. The van der Waals surface area contributed by atoms with E-state index in [9.17, 15) is 29.1 Å². The third kappa shape index (κ3) is 9.64. The molecule has 3 heterocycles. The number of aliphatic carboxylic acids is 1. The molecule has 3 fully saturated rings. The standard InChI is InChI=1S/C40H49BrN6O9S.Na/c1-8-21-17-40(21,36(51)52)46-34(49)27-15-23(18-47(27)35(50)32(39(4,5)6)44-38(53)56-22-11-9-10-12-22)55-29-16-25(26-19-57-37(43-26)45-33(48)20(2)3)42-31-24(29)13-14-28(54-7)30(31)41;/h8,13-14,16,19-23,27,32H,1,9-12,15,17-18H2,2-7H3,(H4,43,44,45,46,48,49,51,52,53);/q;+1/p-1/t21-,23+,27-,32+,40-;/m0./s1. The van der Waals surface area contributed by atoms with E-state index in [1.807, 2.05) is 0 Å². The number of thiazole rings is 1. The molecule has 1 aliphatic heterocycles. The molecule has 2 saturated carbocycles. The molecule has 15 nitrogen and oxygen atoms in total. The number of rotatable bonds is 13. The number of hydrogen-bond acceptors (Lipinski definition) is 11. The van der Waals surface area contributed by atoms with Crippen molar-refractivity contribution in [3.8, 4) is 22.9 Å². The summed E-state index contributed by atoms with van der Waals surface area (Å²) >= 11 is 4.86. The third-order valence-electron chi connectivity index (χ3n) is 10.6. The summed E-state index contributed by atoms with van der Waals surface area (Å²) in [6.07, 6.45) is 3.20. The van der Waals surface area contributed by atoms with Gasteiger partial charge in [0.05, 0.1) is 41.3 Å². The first-order valence-corrected chi connectivity index (χ1v) is 20.6. The van der Waals surface area contributed by atoms with Crippen LogP contribution in [0.15, 0.2) is 40.7 Å². The van der Waals surface area contributed by atoms with Gasteiger partial charge in [-0.1, -0.05) is 40.7 Å². The van der Waals surface area contributed by atoms with Gasteiger partial charge in [-0.15, -0.1) is 17.9 Å². The van der Waals surface area contributed by atoms with Crippen molar-refractivity contribution >= 4 is 73.1 Å². The number of carboxylic acids is 1. The number of aromatic nitrogens is 2. The van der Waals surface area contributed by atoms with Crippen LogP contribution in [0.5, 0.6) is 11.5 Å². The minimum absolute atomic E-state index is 0. The van der Waals surface area contributed by atoms with Crippen molar-refractivity contribution in [1.82, 2.24) is 20.2 Å². The molecule has 5 atom stereocenters. The van der Waals surface area contributed by atoms with E-state index in [0.717, 1.165) is 25.7 Å². The predicted octanol–water partition coefficient (Wildman–Crippen LogP) is 4.09. The van der Waals surface area contributed by atoms with E-state index in [2.05, 4.69) is 43.4 Å². The van der Waals surface area contributed by atoms with Crippen LogP contribution in [-0.2, 0) is 23.9 Å². The molecule has 6 rings (SSSR count). The van der Waals surface area contributed by atoms with E-state index in [4.69, 9.17) is 19.2 Å². The van der Waals surface area contributed by atoms with Gasteiger partial charge in [0.15, 0.2) is 5.13 Å². The van der Waals surface area contributed by atoms with E-state index in [1.54, 1.807) is 58.2 Å². The molecule has 0 spiro atoms. The molecule has 0 radical (unpaired) electrons. The number of carbonyl (C=O) groups excluding carboxylic acids is 4. The molecule has 306 valence electrons. The Morgan fingerprint density at radius 3 is 2.41 bits per heavy atom. The number of alkyl carbamates (subject to hydrolysis) is 1. The van der Waals surface area contributed by atoms with Crippen LogP contribution in [0.3, 0.4) is 0 Å². The maximum atomic E-state index is 14.6. The van der Waals surface area contributed by atoms with Crippen LogP contribution in [-0.4, -0.2) is 93.2 Å². The number of likely N-dealkylation sites (tertiary alicyclic amines) is 1. The van der Waals surface area contributed by atoms with Crippen molar-refractivity contribution in [3.63, 3.8) is 0 Å². The average molecular weight is 892 g/mol. The molecule has 2 aromatic heterocycles. The number of nitrogens with one attached hydrogen (secondary N) is 2. The van der Waals surface area contributed by atoms with E-state index in [-0.39, 0.29) is 66.9 Å². The number of hydrogen-bond donors (Lipinski definition) is 3. The zero-order valence-corrected chi connectivity index (χ0v) is 38.2. The molecule has 1 aromatic carbocycles. The molecule has 2 aliphatic carbocycles. The largest absolute Gasteiger partial charge is 1.00 e. The first-order valence-electron chi connectivity index (χ1n) is 19.0. The van der Waals surface area contributed by atoms with E-state index in [0.29, 0.717) is 43.4 Å². The number of halogens is 1. The van der Waals surface area contributed by atoms with Crippen LogP contribution in [0.1, 0.15) is 73.1 Å². The third-order valence-corrected chi connectivity index (χ3v) is 12.1. The minimum Gasteiger partial charge on any atom is -0.637 e. The summed E-state index contributed by atoms with van der Waals surface area (Å²) in [6, 6.07) is 2.92. The summed E-state index contributed by atoms with van der Waals surface area (Å²) in [5.41, 5.74) is -1.10. The molecule has 0 bridgehead atoms. The Morgan fingerprint density at radius 2 is 1.81 bits per heavy atom. The van der Waals surface area contributed by atoms with Gasteiger partial charge in [-0.05, 0) is 71.5 Å². The molecule has 4 amide bonds. The monoisotopic (exact) mass is 890 g/mol. The quantitative estimate of drug-likeness (QED) is 0.165. The summed E-state index contributed by atoms with van der Waals surface area (Å²) in [6.45, 7) is 12.6. The molecule has 3 aliphatic rings. The number of anilines is 1. The van der Waals surface area contributed by atoms with Crippen LogP contribution in [0, 0.1) is 17.3 Å². The Balaban J connectivity index is 0.00000641. The number of ether oxygens (including phenoxy) is 3. The maximum absolute atomic E-state index is 14.6. The molecular formula is C40H48BrN6NaO9S. The van der Waals surface area contributed by atoms with Crippen LogP contribution < -0.4 is 49.7 Å². The summed E-state index contributed by atoms with van der Waals surface area (Å²) in [4.78, 5) is 77.4. The van der Waals surface area contributed by atoms with E-state index < -0.39 is 58.9 Å². The fourth-order valence-electron chi connectivity index (χ4n) is 7.21. The van der Waals surface area contributed by atoms with Gasteiger partial charge >= 0.3 is 35.7 Å². The number of amides is 4. The SMILES string of the molecule is C=C[C@H]1C[C@@]1([N-]C(=O)[C@@H]1C[C@@H](Oc2cc(-c3csc(NC(=O)C(C)C)n3)nc3c(Br)c(OC)ccc23)CN1C(=O)[C@@H](NC(=O)OC1CCCC1)C(C)(C)C)C(=O)O.[Na+]. The summed E-state index contributed by atoms with van der Waals surface area (Å²) < 4.78 is 18.4. The van der Waals surface area contributed by atoms with Crippen LogP contribution in [0.4, 0.5) is 9.93 Å². The molecule has 58 heavy (non-hydrogen) atoms. The molecular weight excluding hydrogens is 843 g/mol. The Bertz CT molecular complexity index is 2090. The average Bonchev–Trinajstić information content (AvgIpc) is 3.57. The fraction of sp³-hybridized carbons (Fsp3) is 0.525. The van der Waals surface area contributed by atoms with Gasteiger partial charge in [0.1, 0.15) is 35.4 Å². The summed E-state index contributed by atoms with van der Waals surface area (Å²) in [5.74, 6) is -2.67. The Hall–Kier alpha value is -3.77. The van der Waals surface area contributed by atoms with Crippen molar-refractivity contribution in [2.45, 2.75) is 103 Å². The number of fused-ring (bicyclic) bond motifs is 1. The Kier molecular flexibility index (Phi) is 14.2. The second kappa shape index (κ2) is 18.2. The van der Waals surface area contributed by atoms with Crippen LogP contribution >= 0.6 is 27.3 Å². The van der Waals surface area contributed by atoms with Crippen molar-refractivity contribution in [3.05, 3.63) is 46.0 Å². The molecule has 18 heteroatoms. The van der Waals surface area contributed by atoms with Crippen molar-refractivity contribution in [1.29, 1.82) is 0 Å². The zero-order valence-electron chi connectivity index (χ0n) is 33.8. The Labute approximate surface area is 371 Å². The second-order valence-electron chi connectivity index (χ2n) is 16.1. The van der Waals surface area contributed by atoms with Gasteiger partial charge in [0, 0.05) is 34.7 Å². The van der Waals surface area contributed by atoms with Crippen LogP contribution in [0.25, 0.3) is 27.6 Å². The first kappa shape index (κ1) is 45.3. The summed E-state index contributed by atoms with van der Waals surface area (Å²) in [7, 11) is 1.53. The minimum atomic E-state index is -1.66. The van der Waals surface area contributed by atoms with Crippen molar-refractivity contribution < 1.29 is 72.8 Å². The van der Waals surface area contributed by atoms with E-state index >= 15 is 0 Å². The number of nitrogens with zero attached hydrogens (tertiary/aromatic N) is 4. The normalized spacial score (nSPS) is 22.1. The predicted molar refractivity (Wildman–Crippen MR) is 217 cm³/mol. The number of methoxy groups -OCH3 is 1. The number of pyridine rings is 1. The maximum Gasteiger partial charge on any atom is 1.00 e. The molecule has 1 saturated heterocycles. The second-order valence-corrected chi connectivity index (χ2v) is 17.8. The van der Waals surface area contributed by atoms with Gasteiger partial charge in [-0.2, -0.15) is 0 Å². The number of carboxylic acid groups (broad SMARTS) is 1. The van der Waals surface area contributed by atoms with Gasteiger partial charge in [-0.25, -0.2) is 14.8 Å². The van der Waals surface area contributed by atoms with Gasteiger partial charge in [-0.3, -0.25) is 14.4 Å². The summed E-state index contributed by atoms with van der Waals surface area (Å²) in [5, 5.41) is 22.6. The first-order chi connectivity index (χ1) is 26.9.